The molecule has 0 unspecified atom stereocenters. The third-order valence-electron chi connectivity index (χ3n) is 1.93. The Morgan fingerprint density at radius 3 is 2.08 bits per heavy atom. The highest BCUT2D eigenvalue weighted by Gasteiger charge is 2.19. The molecule has 0 atom stereocenters. The van der Waals surface area contributed by atoms with Gasteiger partial charge in [0.05, 0.1) is 11.6 Å². The first-order chi connectivity index (χ1) is 6.13. The molecule has 0 N–H and O–H groups in total. The molecule has 72 valence electrons. The Morgan fingerprint density at radius 1 is 1.08 bits per heavy atom. The van der Waals surface area contributed by atoms with Crippen molar-refractivity contribution in [2.75, 3.05) is 0 Å². The number of hydrogen-bond acceptors (Lipinski definition) is 2. The zero-order valence-corrected chi connectivity index (χ0v) is 9.62. The van der Waals surface area contributed by atoms with E-state index in [1.165, 1.54) is 5.44 Å². The van der Waals surface area contributed by atoms with Crippen LogP contribution in [0.25, 0.3) is 0 Å². The second kappa shape index (κ2) is 4.66. The van der Waals surface area contributed by atoms with Gasteiger partial charge in [0.25, 0.3) is 0 Å². The maximum atomic E-state index is 4.39. The van der Waals surface area contributed by atoms with Gasteiger partial charge in [0.2, 0.25) is 0 Å². The zero-order chi connectivity index (χ0) is 9.84. The lowest BCUT2D eigenvalue weighted by atomic mass is 10.5. The van der Waals surface area contributed by atoms with Crippen LogP contribution in [0.2, 0.25) is 0 Å². The normalized spacial score (nSPS) is 11.6. The molecule has 0 bridgehead atoms. The second-order valence-electron chi connectivity index (χ2n) is 3.66. The minimum absolute atomic E-state index is 0.147. The zero-order valence-electron chi connectivity index (χ0n) is 8.73. The number of nitrogens with zero attached hydrogens (tertiary/aromatic N) is 2. The highest BCUT2D eigenvalue weighted by Crippen LogP contribution is 2.43. The second-order valence-corrected chi connectivity index (χ2v) is 7.00. The standard InChI is InChI=1S/C10H17N2P/c1-8(2)13(9(3)4)10-7-11-5-6-12-10/h5-9H,1-4H3. The van der Waals surface area contributed by atoms with Crippen LogP contribution in [0, 0.1) is 0 Å². The first kappa shape index (κ1) is 10.6. The van der Waals surface area contributed by atoms with Crippen molar-refractivity contribution in [3.05, 3.63) is 18.6 Å². The summed E-state index contributed by atoms with van der Waals surface area (Å²) in [5.74, 6) is 0. The quantitative estimate of drug-likeness (QED) is 0.694. The van der Waals surface area contributed by atoms with Crippen molar-refractivity contribution in [2.24, 2.45) is 0 Å². The van der Waals surface area contributed by atoms with Crippen molar-refractivity contribution in [3.8, 4) is 0 Å². The summed E-state index contributed by atoms with van der Waals surface area (Å²) in [5, 5.41) is 0. The van der Waals surface area contributed by atoms with Crippen LogP contribution < -0.4 is 5.44 Å². The van der Waals surface area contributed by atoms with Gasteiger partial charge < -0.3 is 0 Å². The molecule has 2 nitrogen and oxygen atoms in total. The van der Waals surface area contributed by atoms with Crippen LogP contribution in [0.1, 0.15) is 27.7 Å². The fourth-order valence-electron chi connectivity index (χ4n) is 1.55. The molecular weight excluding hydrogens is 179 g/mol. The van der Waals surface area contributed by atoms with Gasteiger partial charge in [-0.25, -0.2) is 0 Å². The van der Waals surface area contributed by atoms with E-state index >= 15 is 0 Å². The van der Waals surface area contributed by atoms with E-state index < -0.39 is 0 Å². The first-order valence-electron chi connectivity index (χ1n) is 4.67. The molecule has 0 amide bonds. The number of hydrogen-bond donors (Lipinski definition) is 0. The molecule has 0 fully saturated rings. The van der Waals surface area contributed by atoms with E-state index in [0.717, 1.165) is 0 Å². The molecule has 0 aromatic carbocycles. The van der Waals surface area contributed by atoms with Gasteiger partial charge in [-0.15, -0.1) is 0 Å². The monoisotopic (exact) mass is 196 g/mol. The summed E-state index contributed by atoms with van der Waals surface area (Å²) < 4.78 is 0. The Balaban J connectivity index is 2.89. The minimum atomic E-state index is -0.147. The number of rotatable bonds is 3. The molecule has 1 aromatic heterocycles. The topological polar surface area (TPSA) is 25.8 Å². The van der Waals surface area contributed by atoms with E-state index in [1.54, 1.807) is 12.4 Å². The largest absolute Gasteiger partial charge is 0.261 e. The third-order valence-corrected chi connectivity index (χ3v) is 4.91. The van der Waals surface area contributed by atoms with Crippen molar-refractivity contribution in [1.82, 2.24) is 9.97 Å². The van der Waals surface area contributed by atoms with E-state index in [9.17, 15) is 0 Å². The van der Waals surface area contributed by atoms with Crippen LogP contribution in [0.5, 0.6) is 0 Å². The van der Waals surface area contributed by atoms with Gasteiger partial charge in [-0.3, -0.25) is 9.97 Å². The molecule has 0 spiro atoms. The van der Waals surface area contributed by atoms with E-state index in [-0.39, 0.29) is 7.92 Å². The van der Waals surface area contributed by atoms with Crippen LogP contribution in [-0.2, 0) is 0 Å². The molecule has 0 saturated carbocycles. The van der Waals surface area contributed by atoms with Crippen LogP contribution >= 0.6 is 7.92 Å². The van der Waals surface area contributed by atoms with Crippen LogP contribution in [-0.4, -0.2) is 21.3 Å². The minimum Gasteiger partial charge on any atom is -0.261 e. The van der Waals surface area contributed by atoms with Crippen LogP contribution in [0.15, 0.2) is 18.6 Å². The van der Waals surface area contributed by atoms with E-state index in [2.05, 4.69) is 37.7 Å². The summed E-state index contributed by atoms with van der Waals surface area (Å²) in [4.78, 5) is 8.51. The van der Waals surface area contributed by atoms with Crippen molar-refractivity contribution in [3.63, 3.8) is 0 Å². The lowest BCUT2D eigenvalue weighted by Crippen LogP contribution is -2.17. The summed E-state index contributed by atoms with van der Waals surface area (Å²) in [6, 6.07) is 0. The van der Waals surface area contributed by atoms with E-state index in [0.29, 0.717) is 11.3 Å². The molecular formula is C10H17N2P. The predicted octanol–water partition coefficient (Wildman–Crippen LogP) is 2.40. The van der Waals surface area contributed by atoms with Crippen LogP contribution in [0.4, 0.5) is 0 Å². The van der Waals surface area contributed by atoms with Gasteiger partial charge in [-0.1, -0.05) is 27.7 Å². The molecule has 0 aliphatic carbocycles. The Bertz CT molecular complexity index is 238. The molecule has 1 rings (SSSR count). The molecule has 1 aromatic rings. The molecule has 3 heteroatoms. The summed E-state index contributed by atoms with van der Waals surface area (Å²) in [6.45, 7) is 9.06. The van der Waals surface area contributed by atoms with Gasteiger partial charge in [-0.2, -0.15) is 0 Å². The Hall–Kier alpha value is -0.490. The molecule has 13 heavy (non-hydrogen) atoms. The fraction of sp³-hybridized carbons (Fsp3) is 0.600. The van der Waals surface area contributed by atoms with Crippen molar-refractivity contribution in [2.45, 2.75) is 39.0 Å². The van der Waals surface area contributed by atoms with Gasteiger partial charge in [-0.05, 0) is 19.2 Å². The van der Waals surface area contributed by atoms with Crippen LogP contribution in [0.3, 0.4) is 0 Å². The third kappa shape index (κ3) is 2.73. The summed E-state index contributed by atoms with van der Waals surface area (Å²) >= 11 is 0. The van der Waals surface area contributed by atoms with Crippen molar-refractivity contribution in [1.29, 1.82) is 0 Å². The SMILES string of the molecule is CC(C)P(c1cnccn1)C(C)C. The lowest BCUT2D eigenvalue weighted by molar-refractivity contribution is 1.01. The Morgan fingerprint density at radius 2 is 1.69 bits per heavy atom. The maximum Gasteiger partial charge on any atom is 0.0817 e. The highest BCUT2D eigenvalue weighted by molar-refractivity contribution is 7.66. The van der Waals surface area contributed by atoms with Crippen molar-refractivity contribution < 1.29 is 0 Å². The average molecular weight is 196 g/mol. The van der Waals surface area contributed by atoms with Gasteiger partial charge in [0.15, 0.2) is 0 Å². The van der Waals surface area contributed by atoms with Gasteiger partial charge in [0.1, 0.15) is 0 Å². The number of aromatic nitrogens is 2. The van der Waals surface area contributed by atoms with Crippen molar-refractivity contribution >= 4 is 13.4 Å². The van der Waals surface area contributed by atoms with Gasteiger partial charge >= 0.3 is 0 Å². The Kier molecular flexibility index (Phi) is 3.80. The maximum absolute atomic E-state index is 4.39. The highest BCUT2D eigenvalue weighted by atomic mass is 31.1. The fourth-order valence-corrected chi connectivity index (χ4v) is 4.20. The molecule has 0 aliphatic heterocycles. The van der Waals surface area contributed by atoms with E-state index in [1.807, 2.05) is 6.20 Å². The lowest BCUT2D eigenvalue weighted by Gasteiger charge is -2.24. The molecule has 0 aliphatic rings. The predicted molar refractivity (Wildman–Crippen MR) is 58.9 cm³/mol. The summed E-state index contributed by atoms with van der Waals surface area (Å²) in [6.07, 6.45) is 5.43. The molecule has 0 radical (unpaired) electrons. The molecule has 0 saturated heterocycles. The smallest absolute Gasteiger partial charge is 0.0817 e. The average Bonchev–Trinajstić information content (AvgIpc) is 2.04. The molecule has 1 heterocycles. The van der Waals surface area contributed by atoms with Gasteiger partial charge in [0, 0.05) is 12.4 Å². The first-order valence-corrected chi connectivity index (χ1v) is 6.15. The Labute approximate surface area is 81.6 Å². The summed E-state index contributed by atoms with van der Waals surface area (Å²) in [5.41, 5.74) is 2.56. The summed E-state index contributed by atoms with van der Waals surface area (Å²) in [7, 11) is -0.147. The van der Waals surface area contributed by atoms with E-state index in [4.69, 9.17) is 0 Å².